The van der Waals surface area contributed by atoms with E-state index >= 15 is 0 Å². The van der Waals surface area contributed by atoms with Crippen molar-refractivity contribution in [3.63, 3.8) is 0 Å². The van der Waals surface area contributed by atoms with Crippen molar-refractivity contribution < 1.29 is 29.5 Å². The Morgan fingerprint density at radius 1 is 1.33 bits per heavy atom. The van der Waals surface area contributed by atoms with Crippen molar-refractivity contribution in [1.29, 1.82) is 5.26 Å². The van der Waals surface area contributed by atoms with E-state index in [1.807, 2.05) is 6.07 Å². The molecule has 1 rings (SSSR count). The fourth-order valence-electron chi connectivity index (χ4n) is 2.07. The molecule has 0 bridgehead atoms. The first-order valence-electron chi connectivity index (χ1n) is 7.15. The first kappa shape index (κ1) is 18.3. The maximum atomic E-state index is 10.3. The van der Waals surface area contributed by atoms with E-state index in [4.69, 9.17) is 19.5 Å². The summed E-state index contributed by atoms with van der Waals surface area (Å²) in [6.07, 6.45) is -5.32. The number of rotatable bonds is 6. The maximum absolute atomic E-state index is 10.3. The van der Waals surface area contributed by atoms with Crippen molar-refractivity contribution in [3.05, 3.63) is 0 Å². The minimum Gasteiger partial charge on any atom is -0.394 e. The van der Waals surface area contributed by atoms with Crippen LogP contribution in [-0.4, -0.2) is 64.3 Å². The molecule has 0 saturated carbocycles. The summed E-state index contributed by atoms with van der Waals surface area (Å²) in [6.45, 7) is 6.45. The zero-order chi connectivity index (χ0) is 16.2. The third-order valence-corrected chi connectivity index (χ3v) is 3.54. The van der Waals surface area contributed by atoms with Crippen molar-refractivity contribution in [2.45, 2.75) is 76.5 Å². The van der Waals surface area contributed by atoms with Crippen LogP contribution in [0.1, 0.15) is 34.1 Å². The zero-order valence-corrected chi connectivity index (χ0v) is 12.9. The highest BCUT2D eigenvalue weighted by molar-refractivity contribution is 4.99. The van der Waals surface area contributed by atoms with E-state index in [1.165, 1.54) is 0 Å². The SMILES string of the molecule is CCC(C)(C#N)OC1OC(CO)C(O)C(OC(C)C)C1O. The molecule has 0 radical (unpaired) electrons. The van der Waals surface area contributed by atoms with Gasteiger partial charge in [-0.2, -0.15) is 5.26 Å². The van der Waals surface area contributed by atoms with Crippen LogP contribution in [0.25, 0.3) is 0 Å². The third-order valence-electron chi connectivity index (χ3n) is 3.54. The Balaban J connectivity index is 2.91. The zero-order valence-electron chi connectivity index (χ0n) is 12.9. The summed E-state index contributed by atoms with van der Waals surface area (Å²) in [5.41, 5.74) is -1.13. The van der Waals surface area contributed by atoms with Crippen LogP contribution in [0.4, 0.5) is 0 Å². The van der Waals surface area contributed by atoms with E-state index in [0.717, 1.165) is 0 Å². The van der Waals surface area contributed by atoms with Gasteiger partial charge in [-0.05, 0) is 27.2 Å². The van der Waals surface area contributed by atoms with Crippen molar-refractivity contribution in [3.8, 4) is 6.07 Å². The number of nitrogens with zero attached hydrogens (tertiary/aromatic N) is 1. The molecule has 6 unspecified atom stereocenters. The molecule has 0 aliphatic carbocycles. The van der Waals surface area contributed by atoms with Crippen LogP contribution < -0.4 is 0 Å². The fraction of sp³-hybridized carbons (Fsp3) is 0.929. The number of nitriles is 1. The quantitative estimate of drug-likeness (QED) is 0.629. The average Bonchev–Trinajstić information content (AvgIpc) is 2.46. The Morgan fingerprint density at radius 3 is 2.38 bits per heavy atom. The first-order valence-corrected chi connectivity index (χ1v) is 7.15. The smallest absolute Gasteiger partial charge is 0.188 e. The minimum atomic E-state index is -1.26. The summed E-state index contributed by atoms with van der Waals surface area (Å²) in [5.74, 6) is 0. The number of hydrogen-bond acceptors (Lipinski definition) is 7. The van der Waals surface area contributed by atoms with Gasteiger partial charge >= 0.3 is 0 Å². The molecule has 6 atom stereocenters. The molecular weight excluding hydrogens is 278 g/mol. The second-order valence-electron chi connectivity index (χ2n) is 5.67. The van der Waals surface area contributed by atoms with Crippen molar-refractivity contribution in [2.24, 2.45) is 0 Å². The lowest BCUT2D eigenvalue weighted by molar-refractivity contribution is -0.327. The Labute approximate surface area is 125 Å². The van der Waals surface area contributed by atoms with Crippen LogP contribution in [0.2, 0.25) is 0 Å². The minimum absolute atomic E-state index is 0.231. The number of hydrogen-bond donors (Lipinski definition) is 3. The summed E-state index contributed by atoms with van der Waals surface area (Å²) < 4.78 is 16.4. The molecule has 0 spiro atoms. The van der Waals surface area contributed by atoms with Gasteiger partial charge in [-0.25, -0.2) is 0 Å². The Morgan fingerprint density at radius 2 is 1.95 bits per heavy atom. The molecule has 21 heavy (non-hydrogen) atoms. The highest BCUT2D eigenvalue weighted by Crippen LogP contribution is 2.29. The molecule has 3 N–H and O–H groups in total. The average molecular weight is 303 g/mol. The van der Waals surface area contributed by atoms with Crippen molar-refractivity contribution in [1.82, 2.24) is 0 Å². The molecule has 1 aliphatic heterocycles. The Kier molecular flexibility index (Phi) is 6.53. The number of aliphatic hydroxyl groups excluding tert-OH is 3. The summed E-state index contributed by atoms with van der Waals surface area (Å²) in [6, 6.07) is 2.02. The maximum Gasteiger partial charge on any atom is 0.188 e. The Bertz CT molecular complexity index is 371. The standard InChI is InChI=1S/C14H25NO6/c1-5-14(4,7-15)21-13-11(18)12(19-8(2)3)10(17)9(6-16)20-13/h8-13,16-18H,5-6H2,1-4H3. The highest BCUT2D eigenvalue weighted by Gasteiger charge is 2.47. The third kappa shape index (κ3) is 4.36. The molecule has 122 valence electrons. The van der Waals surface area contributed by atoms with Gasteiger partial charge in [0.25, 0.3) is 0 Å². The summed E-state index contributed by atoms with van der Waals surface area (Å²) in [4.78, 5) is 0. The monoisotopic (exact) mass is 303 g/mol. The number of aliphatic hydroxyl groups is 3. The lowest BCUT2D eigenvalue weighted by atomic mass is 9.98. The molecule has 1 saturated heterocycles. The van der Waals surface area contributed by atoms with Gasteiger partial charge in [-0.15, -0.1) is 0 Å². The van der Waals surface area contributed by atoms with Crippen molar-refractivity contribution >= 4 is 0 Å². The van der Waals surface area contributed by atoms with Gasteiger partial charge in [0.15, 0.2) is 11.9 Å². The second-order valence-corrected chi connectivity index (χ2v) is 5.67. The van der Waals surface area contributed by atoms with E-state index in [2.05, 4.69) is 0 Å². The van der Waals surface area contributed by atoms with E-state index in [1.54, 1.807) is 27.7 Å². The molecule has 0 aromatic heterocycles. The van der Waals surface area contributed by atoms with Crippen LogP contribution in [0.3, 0.4) is 0 Å². The molecule has 1 aliphatic rings. The van der Waals surface area contributed by atoms with Gasteiger partial charge in [0.1, 0.15) is 24.4 Å². The van der Waals surface area contributed by atoms with Crippen LogP contribution in [-0.2, 0) is 14.2 Å². The van der Waals surface area contributed by atoms with Crippen LogP contribution in [0.5, 0.6) is 0 Å². The predicted molar refractivity (Wildman–Crippen MR) is 73.2 cm³/mol. The van der Waals surface area contributed by atoms with E-state index in [-0.39, 0.29) is 6.10 Å². The van der Waals surface area contributed by atoms with E-state index in [9.17, 15) is 15.3 Å². The molecule has 7 nitrogen and oxygen atoms in total. The topological polar surface area (TPSA) is 112 Å². The Hall–Kier alpha value is -0.750. The van der Waals surface area contributed by atoms with Gasteiger partial charge in [0.05, 0.1) is 18.8 Å². The molecule has 1 heterocycles. The highest BCUT2D eigenvalue weighted by atomic mass is 16.7. The van der Waals surface area contributed by atoms with Gasteiger partial charge in [-0.1, -0.05) is 6.92 Å². The molecule has 0 amide bonds. The molecule has 0 aromatic carbocycles. The van der Waals surface area contributed by atoms with Crippen LogP contribution in [0.15, 0.2) is 0 Å². The predicted octanol–water partition coefficient (Wildman–Crippen LogP) is -0.0721. The largest absolute Gasteiger partial charge is 0.394 e. The lowest BCUT2D eigenvalue weighted by Gasteiger charge is -2.44. The molecule has 0 aromatic rings. The molecule has 7 heteroatoms. The molecular formula is C14H25NO6. The van der Waals surface area contributed by atoms with Gasteiger partial charge < -0.3 is 29.5 Å². The second kappa shape index (κ2) is 7.49. The summed E-state index contributed by atoms with van der Waals surface area (Å²) in [7, 11) is 0. The number of ether oxygens (including phenoxy) is 3. The first-order chi connectivity index (χ1) is 9.77. The lowest BCUT2D eigenvalue weighted by Crippen LogP contribution is -2.61. The summed E-state index contributed by atoms with van der Waals surface area (Å²) >= 11 is 0. The fourth-order valence-corrected chi connectivity index (χ4v) is 2.07. The van der Waals surface area contributed by atoms with Crippen molar-refractivity contribution in [2.75, 3.05) is 6.61 Å². The molecule has 1 fully saturated rings. The van der Waals surface area contributed by atoms with Gasteiger partial charge in [-0.3, -0.25) is 0 Å². The van der Waals surface area contributed by atoms with E-state index < -0.39 is 42.9 Å². The van der Waals surface area contributed by atoms with E-state index in [0.29, 0.717) is 6.42 Å². The summed E-state index contributed by atoms with van der Waals surface area (Å²) in [5, 5.41) is 38.8. The van der Waals surface area contributed by atoms with Crippen LogP contribution in [0, 0.1) is 11.3 Å². The normalized spacial score (nSPS) is 36.2. The van der Waals surface area contributed by atoms with Crippen LogP contribution >= 0.6 is 0 Å². The van der Waals surface area contributed by atoms with Gasteiger partial charge in [0.2, 0.25) is 0 Å². The van der Waals surface area contributed by atoms with Gasteiger partial charge in [0, 0.05) is 0 Å².